The van der Waals surface area contributed by atoms with Crippen LogP contribution in [0.1, 0.15) is 5.56 Å². The summed E-state index contributed by atoms with van der Waals surface area (Å²) < 4.78 is 5.08. The number of rotatable bonds is 4. The topological polar surface area (TPSA) is 41.6 Å². The Morgan fingerprint density at radius 3 is 2.68 bits per heavy atom. The van der Waals surface area contributed by atoms with Crippen LogP contribution in [0.4, 0.5) is 0 Å². The van der Waals surface area contributed by atoms with Gasteiger partial charge in [0.15, 0.2) is 5.11 Å². The van der Waals surface area contributed by atoms with Gasteiger partial charge in [-0.3, -0.25) is 9.69 Å². The minimum Gasteiger partial charge on any atom is -0.497 e. The van der Waals surface area contributed by atoms with Gasteiger partial charge < -0.3 is 10.1 Å². The minimum atomic E-state index is -0.138. The molecule has 4 nitrogen and oxygen atoms in total. The first-order chi connectivity index (χ1) is 9.15. The zero-order chi connectivity index (χ0) is 13.8. The van der Waals surface area contributed by atoms with E-state index in [4.69, 9.17) is 17.0 Å². The number of methoxy groups -OCH3 is 1. The molecule has 0 radical (unpaired) electrons. The molecule has 1 aliphatic rings. The van der Waals surface area contributed by atoms with Crippen LogP contribution in [-0.2, 0) is 4.79 Å². The van der Waals surface area contributed by atoms with Crippen LogP contribution in [0.3, 0.4) is 0 Å². The molecule has 1 amide bonds. The van der Waals surface area contributed by atoms with Crippen LogP contribution in [0.2, 0.25) is 0 Å². The Hall–Kier alpha value is -2.14. The lowest BCUT2D eigenvalue weighted by Gasteiger charge is -2.09. The van der Waals surface area contributed by atoms with E-state index < -0.39 is 0 Å². The van der Waals surface area contributed by atoms with Crippen LogP contribution >= 0.6 is 12.2 Å². The number of ether oxygens (including phenoxy) is 1. The maximum Gasteiger partial charge on any atom is 0.276 e. The summed E-state index contributed by atoms with van der Waals surface area (Å²) in [6, 6.07) is 7.43. The first-order valence-corrected chi connectivity index (χ1v) is 6.16. The van der Waals surface area contributed by atoms with Gasteiger partial charge in [-0.15, -0.1) is 6.58 Å². The van der Waals surface area contributed by atoms with E-state index in [9.17, 15) is 4.79 Å². The van der Waals surface area contributed by atoms with Crippen molar-refractivity contribution >= 4 is 29.3 Å². The largest absolute Gasteiger partial charge is 0.497 e. The number of thiocarbonyl (C=S) groups is 1. The van der Waals surface area contributed by atoms with Crippen molar-refractivity contribution in [2.75, 3.05) is 13.7 Å². The Bertz CT molecular complexity index is 549. The predicted molar refractivity (Wildman–Crippen MR) is 78.6 cm³/mol. The molecule has 5 heteroatoms. The van der Waals surface area contributed by atoms with Gasteiger partial charge in [0.2, 0.25) is 0 Å². The van der Waals surface area contributed by atoms with Gasteiger partial charge in [0.25, 0.3) is 5.91 Å². The number of carbonyl (C=O) groups is 1. The number of hydrogen-bond acceptors (Lipinski definition) is 3. The molecular weight excluding hydrogens is 260 g/mol. The normalized spacial score (nSPS) is 16.7. The first-order valence-electron chi connectivity index (χ1n) is 5.75. The lowest BCUT2D eigenvalue weighted by Crippen LogP contribution is -2.30. The number of nitrogens with zero attached hydrogens (tertiary/aromatic N) is 1. The number of benzene rings is 1. The smallest absolute Gasteiger partial charge is 0.276 e. The second-order valence-electron chi connectivity index (χ2n) is 3.97. The molecule has 1 aliphatic heterocycles. The van der Waals surface area contributed by atoms with Crippen LogP contribution in [0.25, 0.3) is 6.08 Å². The number of nitrogens with one attached hydrogen (secondary N) is 1. The van der Waals surface area contributed by atoms with Crippen molar-refractivity contribution < 1.29 is 9.53 Å². The van der Waals surface area contributed by atoms with E-state index in [1.165, 1.54) is 4.90 Å². The highest BCUT2D eigenvalue weighted by molar-refractivity contribution is 7.80. The van der Waals surface area contributed by atoms with Gasteiger partial charge in [-0.2, -0.15) is 0 Å². The number of hydrogen-bond donors (Lipinski definition) is 1. The zero-order valence-electron chi connectivity index (χ0n) is 10.6. The van der Waals surface area contributed by atoms with Gasteiger partial charge in [-0.1, -0.05) is 18.2 Å². The molecule has 1 heterocycles. The molecule has 19 heavy (non-hydrogen) atoms. The van der Waals surface area contributed by atoms with E-state index in [1.54, 1.807) is 19.3 Å². The van der Waals surface area contributed by atoms with Crippen molar-refractivity contribution in [3.05, 3.63) is 48.2 Å². The third-order valence-corrected chi connectivity index (χ3v) is 3.02. The lowest BCUT2D eigenvalue weighted by atomic mass is 10.2. The van der Waals surface area contributed by atoms with Crippen molar-refractivity contribution in [2.45, 2.75) is 0 Å². The van der Waals surface area contributed by atoms with Gasteiger partial charge >= 0.3 is 0 Å². The summed E-state index contributed by atoms with van der Waals surface area (Å²) in [7, 11) is 1.61. The number of carbonyl (C=O) groups excluding carboxylic acids is 1. The molecule has 0 aliphatic carbocycles. The molecule has 0 spiro atoms. The van der Waals surface area contributed by atoms with Gasteiger partial charge in [-0.25, -0.2) is 0 Å². The minimum absolute atomic E-state index is 0.138. The van der Waals surface area contributed by atoms with Crippen LogP contribution in [0.5, 0.6) is 5.75 Å². The van der Waals surface area contributed by atoms with Crippen LogP contribution in [0.15, 0.2) is 42.6 Å². The molecule has 98 valence electrons. The molecule has 1 aromatic rings. The SMILES string of the molecule is C=CCN1C(=O)/C(=C\c2ccc(OC)cc2)NC1=S. The van der Waals surface area contributed by atoms with E-state index >= 15 is 0 Å². The molecule has 0 unspecified atom stereocenters. The second kappa shape index (κ2) is 5.67. The van der Waals surface area contributed by atoms with Gasteiger partial charge in [-0.05, 0) is 36.0 Å². The van der Waals surface area contributed by atoms with Crippen LogP contribution in [-0.4, -0.2) is 29.6 Å². The van der Waals surface area contributed by atoms with E-state index in [1.807, 2.05) is 24.3 Å². The van der Waals surface area contributed by atoms with Crippen LogP contribution in [0, 0.1) is 0 Å². The van der Waals surface area contributed by atoms with Crippen LogP contribution < -0.4 is 10.1 Å². The molecule has 1 aromatic carbocycles. The Morgan fingerprint density at radius 2 is 2.11 bits per heavy atom. The van der Waals surface area contributed by atoms with Gasteiger partial charge in [0.05, 0.1) is 7.11 Å². The van der Waals surface area contributed by atoms with E-state index in [0.717, 1.165) is 11.3 Å². The lowest BCUT2D eigenvalue weighted by molar-refractivity contribution is -0.122. The Balaban J connectivity index is 2.21. The fraction of sp³-hybridized carbons (Fsp3) is 0.143. The molecule has 1 N–H and O–H groups in total. The summed E-state index contributed by atoms with van der Waals surface area (Å²) in [4.78, 5) is 13.5. The van der Waals surface area contributed by atoms with E-state index in [-0.39, 0.29) is 5.91 Å². The maximum atomic E-state index is 12.1. The Kier molecular flexibility index (Phi) is 3.97. The standard InChI is InChI=1S/C14H14N2O2S/c1-3-8-16-13(17)12(15-14(16)19)9-10-4-6-11(18-2)7-5-10/h3-7,9H,1,8H2,2H3,(H,15,19)/b12-9+. The zero-order valence-corrected chi connectivity index (χ0v) is 11.4. The van der Waals surface area contributed by atoms with Gasteiger partial charge in [0, 0.05) is 6.54 Å². The van der Waals surface area contributed by atoms with Crippen molar-refractivity contribution in [3.8, 4) is 5.75 Å². The summed E-state index contributed by atoms with van der Waals surface area (Å²) >= 11 is 5.10. The quantitative estimate of drug-likeness (QED) is 0.517. The van der Waals surface area contributed by atoms with Crippen molar-refractivity contribution in [3.63, 3.8) is 0 Å². The fourth-order valence-electron chi connectivity index (χ4n) is 1.73. The predicted octanol–water partition coefficient (Wildman–Crippen LogP) is 1.94. The third-order valence-electron chi connectivity index (χ3n) is 2.70. The summed E-state index contributed by atoms with van der Waals surface area (Å²) in [5.74, 6) is 0.636. The monoisotopic (exact) mass is 274 g/mol. The molecular formula is C14H14N2O2S. The summed E-state index contributed by atoms with van der Waals surface area (Å²) in [6.07, 6.45) is 3.40. The highest BCUT2D eigenvalue weighted by Crippen LogP contribution is 2.16. The fourth-order valence-corrected chi connectivity index (χ4v) is 2.00. The molecule has 1 fully saturated rings. The summed E-state index contributed by atoms with van der Waals surface area (Å²) in [6.45, 7) is 4.01. The van der Waals surface area contributed by atoms with Crippen molar-refractivity contribution in [1.29, 1.82) is 0 Å². The Morgan fingerprint density at radius 1 is 1.42 bits per heavy atom. The average Bonchev–Trinajstić information content (AvgIpc) is 2.68. The van der Waals surface area contributed by atoms with Crippen molar-refractivity contribution in [1.82, 2.24) is 10.2 Å². The molecule has 0 aromatic heterocycles. The van der Waals surface area contributed by atoms with E-state index in [0.29, 0.717) is 17.4 Å². The van der Waals surface area contributed by atoms with Crippen molar-refractivity contribution in [2.24, 2.45) is 0 Å². The third kappa shape index (κ3) is 2.82. The second-order valence-corrected chi connectivity index (χ2v) is 4.35. The molecule has 0 bridgehead atoms. The first kappa shape index (κ1) is 13.3. The Labute approximate surface area is 117 Å². The highest BCUT2D eigenvalue weighted by Gasteiger charge is 2.29. The summed E-state index contributed by atoms with van der Waals surface area (Å²) in [5, 5.41) is 3.31. The average molecular weight is 274 g/mol. The highest BCUT2D eigenvalue weighted by atomic mass is 32.1. The number of amides is 1. The summed E-state index contributed by atoms with van der Waals surface area (Å²) in [5.41, 5.74) is 1.37. The molecule has 0 atom stereocenters. The molecule has 0 saturated carbocycles. The maximum absolute atomic E-state index is 12.1. The molecule has 1 saturated heterocycles. The molecule has 2 rings (SSSR count). The van der Waals surface area contributed by atoms with Gasteiger partial charge in [0.1, 0.15) is 11.4 Å². The van der Waals surface area contributed by atoms with E-state index in [2.05, 4.69) is 11.9 Å².